The van der Waals surface area contributed by atoms with Crippen LogP contribution >= 0.6 is 0 Å². The quantitative estimate of drug-likeness (QED) is 0.489. The van der Waals surface area contributed by atoms with Crippen LogP contribution in [0.3, 0.4) is 0 Å². The zero-order chi connectivity index (χ0) is 23.3. The molecule has 8 nitrogen and oxygen atoms in total. The van der Waals surface area contributed by atoms with Gasteiger partial charge in [-0.3, -0.25) is 9.55 Å². The van der Waals surface area contributed by atoms with Crippen LogP contribution in [-0.2, 0) is 11.3 Å². The number of carboxylic acid groups (broad SMARTS) is 1. The van der Waals surface area contributed by atoms with Gasteiger partial charge in [-0.25, -0.2) is 14.8 Å². The molecule has 0 fully saturated rings. The Morgan fingerprint density at radius 2 is 1.84 bits per heavy atom. The van der Waals surface area contributed by atoms with Crippen LogP contribution in [-0.4, -0.2) is 41.8 Å². The van der Waals surface area contributed by atoms with Crippen LogP contribution < -0.4 is 5.32 Å². The monoisotopic (exact) mass is 444 g/mol. The first-order valence-electron chi connectivity index (χ1n) is 9.36. The van der Waals surface area contributed by atoms with E-state index >= 15 is 0 Å². The molecule has 3 aromatic heterocycles. The minimum absolute atomic E-state index is 0.599. The number of halogens is 3. The smallest absolute Gasteiger partial charge is 0.475 e. The van der Waals surface area contributed by atoms with Crippen LogP contribution in [0.2, 0.25) is 0 Å². The third kappa shape index (κ3) is 5.56. The highest BCUT2D eigenvalue weighted by Gasteiger charge is 2.38. The van der Waals surface area contributed by atoms with E-state index in [0.717, 1.165) is 22.4 Å². The van der Waals surface area contributed by atoms with E-state index in [4.69, 9.17) is 9.90 Å². The summed E-state index contributed by atoms with van der Waals surface area (Å²) in [6.45, 7) is 4.85. The summed E-state index contributed by atoms with van der Waals surface area (Å²) in [4.78, 5) is 26.5. The number of hydrogen-bond donors (Lipinski definition) is 2. The van der Waals surface area contributed by atoms with Crippen molar-refractivity contribution >= 4 is 22.8 Å². The lowest BCUT2D eigenvalue weighted by atomic mass is 10.1. The highest BCUT2D eigenvalue weighted by atomic mass is 19.4. The Balaban J connectivity index is 0.000000360. The number of fused-ring (bicyclic) bond motifs is 1. The molecule has 0 atom stereocenters. The number of hydrogen-bond acceptors (Lipinski definition) is 6. The fourth-order valence-corrected chi connectivity index (χ4v) is 2.68. The average Bonchev–Trinajstić information content (AvgIpc) is 3.16. The summed E-state index contributed by atoms with van der Waals surface area (Å²) in [7, 11) is 0. The van der Waals surface area contributed by atoms with Crippen molar-refractivity contribution in [3.05, 3.63) is 71.9 Å². The van der Waals surface area contributed by atoms with E-state index < -0.39 is 12.1 Å². The Bertz CT molecular complexity index is 1230. The summed E-state index contributed by atoms with van der Waals surface area (Å²) in [6.07, 6.45) is 2.04. The summed E-state index contributed by atoms with van der Waals surface area (Å²) in [6, 6.07) is 10.0. The second kappa shape index (κ2) is 9.41. The Labute approximate surface area is 180 Å². The predicted molar refractivity (Wildman–Crippen MR) is 111 cm³/mol. The number of carbonyl (C=O) groups is 1. The molecular formula is C21H19F3N6O2. The van der Waals surface area contributed by atoms with Gasteiger partial charge in [0, 0.05) is 25.1 Å². The van der Waals surface area contributed by atoms with Crippen molar-refractivity contribution in [1.82, 2.24) is 24.5 Å². The molecule has 32 heavy (non-hydrogen) atoms. The molecule has 11 heteroatoms. The Kier molecular flexibility index (Phi) is 6.67. The fourth-order valence-electron chi connectivity index (χ4n) is 2.68. The third-order valence-electron chi connectivity index (χ3n) is 4.46. The summed E-state index contributed by atoms with van der Waals surface area (Å²) in [5.74, 6) is -1.39. The normalized spacial score (nSPS) is 11.0. The van der Waals surface area contributed by atoms with Gasteiger partial charge in [0.15, 0.2) is 0 Å². The van der Waals surface area contributed by atoms with E-state index in [0.29, 0.717) is 12.5 Å². The lowest BCUT2D eigenvalue weighted by Crippen LogP contribution is -2.21. The molecule has 0 aliphatic carbocycles. The van der Waals surface area contributed by atoms with Crippen LogP contribution in [0.4, 0.5) is 19.0 Å². The van der Waals surface area contributed by atoms with Crippen LogP contribution in [0, 0.1) is 13.8 Å². The van der Waals surface area contributed by atoms with Gasteiger partial charge in [0.25, 0.3) is 0 Å². The molecule has 0 spiro atoms. The fraction of sp³-hybridized carbons (Fsp3) is 0.190. The maximum absolute atomic E-state index is 10.6. The van der Waals surface area contributed by atoms with Gasteiger partial charge in [0.1, 0.15) is 12.1 Å². The lowest BCUT2D eigenvalue weighted by Gasteiger charge is -2.08. The number of imidazole rings is 1. The number of benzene rings is 1. The van der Waals surface area contributed by atoms with Gasteiger partial charge < -0.3 is 10.4 Å². The van der Waals surface area contributed by atoms with Gasteiger partial charge in [-0.2, -0.15) is 18.2 Å². The Morgan fingerprint density at radius 1 is 1.12 bits per heavy atom. The number of aromatic nitrogens is 5. The van der Waals surface area contributed by atoms with Crippen molar-refractivity contribution in [2.75, 3.05) is 5.32 Å². The largest absolute Gasteiger partial charge is 0.490 e. The van der Waals surface area contributed by atoms with Crippen molar-refractivity contribution in [2.24, 2.45) is 0 Å². The number of pyridine rings is 1. The SMILES string of the molecule is Cc1cc2ncn(-c3nccc(NCc4cccnc4)n3)c2cc1C.O=C(O)C(F)(F)F. The van der Waals surface area contributed by atoms with E-state index in [9.17, 15) is 13.2 Å². The molecule has 1 aromatic carbocycles. The van der Waals surface area contributed by atoms with Crippen LogP contribution in [0.5, 0.6) is 0 Å². The zero-order valence-electron chi connectivity index (χ0n) is 17.1. The van der Waals surface area contributed by atoms with Gasteiger partial charge in [0.05, 0.1) is 11.0 Å². The van der Waals surface area contributed by atoms with Crippen molar-refractivity contribution in [3.8, 4) is 5.95 Å². The maximum Gasteiger partial charge on any atom is 0.490 e. The van der Waals surface area contributed by atoms with Gasteiger partial charge in [-0.15, -0.1) is 0 Å². The van der Waals surface area contributed by atoms with Gasteiger partial charge in [-0.05, 0) is 54.8 Å². The molecule has 3 heterocycles. The second-order valence-corrected chi connectivity index (χ2v) is 6.80. The first-order chi connectivity index (χ1) is 15.1. The highest BCUT2D eigenvalue weighted by molar-refractivity contribution is 5.78. The standard InChI is InChI=1S/C19H18N6.C2HF3O2/c1-13-8-16-17(9-14(13)2)25(12-23-16)19-21-7-5-18(24-19)22-11-15-4-3-6-20-10-15;3-2(4,5)1(6)7/h3-10,12H,11H2,1-2H3,(H,21,22,24);(H,6,7). The number of nitrogens with zero attached hydrogens (tertiary/aromatic N) is 5. The van der Waals surface area contributed by atoms with Gasteiger partial charge in [-0.1, -0.05) is 6.07 Å². The van der Waals surface area contributed by atoms with E-state index in [2.05, 4.69) is 51.2 Å². The number of carboxylic acids is 1. The molecule has 0 bridgehead atoms. The Hall–Kier alpha value is -4.02. The maximum atomic E-state index is 10.6. The number of rotatable bonds is 4. The second-order valence-electron chi connectivity index (χ2n) is 6.80. The van der Waals surface area contributed by atoms with Crippen molar-refractivity contribution in [2.45, 2.75) is 26.6 Å². The molecule has 2 N–H and O–H groups in total. The number of aryl methyl sites for hydroxylation is 2. The average molecular weight is 444 g/mol. The number of aliphatic carboxylic acids is 1. The molecule has 4 aromatic rings. The van der Waals surface area contributed by atoms with Crippen LogP contribution in [0.25, 0.3) is 17.0 Å². The lowest BCUT2D eigenvalue weighted by molar-refractivity contribution is -0.192. The van der Waals surface area contributed by atoms with Crippen molar-refractivity contribution in [1.29, 1.82) is 0 Å². The molecular weight excluding hydrogens is 425 g/mol. The summed E-state index contributed by atoms with van der Waals surface area (Å²) in [5.41, 5.74) is 5.50. The molecule has 0 unspecified atom stereocenters. The van der Waals surface area contributed by atoms with E-state index in [-0.39, 0.29) is 0 Å². The van der Waals surface area contributed by atoms with Crippen LogP contribution in [0.1, 0.15) is 16.7 Å². The van der Waals surface area contributed by atoms with Crippen LogP contribution in [0.15, 0.2) is 55.2 Å². The molecule has 166 valence electrons. The van der Waals surface area contributed by atoms with E-state index in [1.807, 2.05) is 29.0 Å². The molecule has 0 saturated carbocycles. The number of anilines is 1. The molecule has 0 radical (unpaired) electrons. The van der Waals surface area contributed by atoms with Gasteiger partial charge >= 0.3 is 12.1 Å². The third-order valence-corrected chi connectivity index (χ3v) is 4.46. The zero-order valence-corrected chi connectivity index (χ0v) is 17.1. The number of alkyl halides is 3. The number of nitrogens with one attached hydrogen (secondary N) is 1. The summed E-state index contributed by atoms with van der Waals surface area (Å²) >= 11 is 0. The Morgan fingerprint density at radius 3 is 2.50 bits per heavy atom. The molecule has 4 rings (SSSR count). The van der Waals surface area contributed by atoms with E-state index in [1.54, 1.807) is 18.7 Å². The minimum Gasteiger partial charge on any atom is -0.475 e. The van der Waals surface area contributed by atoms with Gasteiger partial charge in [0.2, 0.25) is 5.95 Å². The summed E-state index contributed by atoms with van der Waals surface area (Å²) < 4.78 is 33.6. The first-order valence-corrected chi connectivity index (χ1v) is 9.36. The first kappa shape index (κ1) is 22.7. The molecule has 0 amide bonds. The molecule has 0 aliphatic heterocycles. The highest BCUT2D eigenvalue weighted by Crippen LogP contribution is 2.21. The molecule has 0 aliphatic rings. The van der Waals surface area contributed by atoms with Crippen molar-refractivity contribution in [3.63, 3.8) is 0 Å². The minimum atomic E-state index is -5.08. The van der Waals surface area contributed by atoms with E-state index in [1.165, 1.54) is 11.1 Å². The van der Waals surface area contributed by atoms with Crippen molar-refractivity contribution < 1.29 is 23.1 Å². The molecule has 0 saturated heterocycles. The predicted octanol–water partition coefficient (Wildman–Crippen LogP) is 4.07. The summed E-state index contributed by atoms with van der Waals surface area (Å²) in [5, 5.41) is 10.4. The topological polar surface area (TPSA) is 106 Å².